The third-order valence-electron chi connectivity index (χ3n) is 3.80. The Kier molecular flexibility index (Phi) is 7.09. The molecule has 146 valence electrons. The molecular formula is C18H22BrN3O4S. The van der Waals surface area contributed by atoms with E-state index in [1.165, 1.54) is 7.11 Å². The van der Waals surface area contributed by atoms with E-state index in [9.17, 15) is 13.2 Å². The second-order valence-corrected chi connectivity index (χ2v) is 8.72. The summed E-state index contributed by atoms with van der Waals surface area (Å²) in [6.07, 6.45) is 0. The Hall–Kier alpha value is -2.26. The minimum atomic E-state index is -3.42. The van der Waals surface area contributed by atoms with Crippen LogP contribution in [0.1, 0.15) is 25.5 Å². The molecule has 0 aliphatic rings. The number of urea groups is 1. The largest absolute Gasteiger partial charge is 0.494 e. The number of halogens is 1. The summed E-state index contributed by atoms with van der Waals surface area (Å²) in [5.74, 6) is 0.261. The Morgan fingerprint density at radius 2 is 1.96 bits per heavy atom. The van der Waals surface area contributed by atoms with Gasteiger partial charge in [-0.1, -0.05) is 28.1 Å². The van der Waals surface area contributed by atoms with Gasteiger partial charge in [-0.25, -0.2) is 13.2 Å². The Labute approximate surface area is 167 Å². The maximum atomic E-state index is 12.3. The van der Waals surface area contributed by atoms with Crippen molar-refractivity contribution in [3.8, 4) is 5.75 Å². The Balaban J connectivity index is 2.07. The van der Waals surface area contributed by atoms with Crippen LogP contribution in [0.4, 0.5) is 16.2 Å². The Bertz CT molecular complexity index is 919. The van der Waals surface area contributed by atoms with E-state index in [4.69, 9.17) is 4.74 Å². The molecule has 7 nitrogen and oxygen atoms in total. The fourth-order valence-corrected chi connectivity index (χ4v) is 3.38. The summed E-state index contributed by atoms with van der Waals surface area (Å²) < 4.78 is 32.1. The molecule has 1 atom stereocenters. The number of methoxy groups -OCH3 is 1. The quantitative estimate of drug-likeness (QED) is 0.585. The van der Waals surface area contributed by atoms with Crippen molar-refractivity contribution in [2.45, 2.75) is 19.9 Å². The minimum Gasteiger partial charge on any atom is -0.494 e. The SMILES string of the molecule is CCS(=O)(=O)Nc1ccc(NC(=O)NC(C)c2cccc(Br)c2)cc1OC. The lowest BCUT2D eigenvalue weighted by atomic mass is 10.1. The molecule has 0 spiro atoms. The topological polar surface area (TPSA) is 96.5 Å². The summed E-state index contributed by atoms with van der Waals surface area (Å²) in [7, 11) is -2.00. The average molecular weight is 456 g/mol. The molecule has 0 saturated carbocycles. The molecule has 2 aromatic rings. The van der Waals surface area contributed by atoms with Crippen LogP contribution >= 0.6 is 15.9 Å². The van der Waals surface area contributed by atoms with Gasteiger partial charge in [0.25, 0.3) is 0 Å². The average Bonchev–Trinajstić information content (AvgIpc) is 2.62. The predicted octanol–water partition coefficient (Wildman–Crippen LogP) is 4.10. The molecular weight excluding hydrogens is 434 g/mol. The second kappa shape index (κ2) is 9.09. The minimum absolute atomic E-state index is 0.0496. The van der Waals surface area contributed by atoms with Crippen molar-refractivity contribution in [2.24, 2.45) is 0 Å². The van der Waals surface area contributed by atoms with Crippen molar-refractivity contribution in [1.29, 1.82) is 0 Å². The number of hydrogen-bond donors (Lipinski definition) is 3. The van der Waals surface area contributed by atoms with E-state index < -0.39 is 10.0 Å². The van der Waals surface area contributed by atoms with Gasteiger partial charge in [0.05, 0.1) is 24.6 Å². The number of nitrogens with one attached hydrogen (secondary N) is 3. The van der Waals surface area contributed by atoms with Crippen LogP contribution in [0.5, 0.6) is 5.75 Å². The zero-order chi connectivity index (χ0) is 20.0. The van der Waals surface area contributed by atoms with Gasteiger partial charge in [-0.3, -0.25) is 4.72 Å². The zero-order valence-electron chi connectivity index (χ0n) is 15.2. The van der Waals surface area contributed by atoms with E-state index in [1.807, 2.05) is 31.2 Å². The van der Waals surface area contributed by atoms with Crippen LogP contribution in [0, 0.1) is 0 Å². The molecule has 0 fully saturated rings. The molecule has 0 bridgehead atoms. The number of rotatable bonds is 7. The van der Waals surface area contributed by atoms with E-state index in [2.05, 4.69) is 31.3 Å². The van der Waals surface area contributed by atoms with E-state index >= 15 is 0 Å². The molecule has 0 aromatic heterocycles. The Morgan fingerprint density at radius 3 is 2.59 bits per heavy atom. The number of ether oxygens (including phenoxy) is 1. The third kappa shape index (κ3) is 6.14. The molecule has 0 aliphatic carbocycles. The van der Waals surface area contributed by atoms with Crippen molar-refractivity contribution >= 4 is 43.4 Å². The molecule has 27 heavy (non-hydrogen) atoms. The molecule has 2 amide bonds. The highest BCUT2D eigenvalue weighted by Gasteiger charge is 2.14. The van der Waals surface area contributed by atoms with Crippen molar-refractivity contribution in [3.63, 3.8) is 0 Å². The molecule has 0 radical (unpaired) electrons. The number of anilines is 2. The highest BCUT2D eigenvalue weighted by molar-refractivity contribution is 9.10. The van der Waals surface area contributed by atoms with E-state index in [1.54, 1.807) is 25.1 Å². The van der Waals surface area contributed by atoms with Crippen LogP contribution in [-0.4, -0.2) is 27.3 Å². The molecule has 9 heteroatoms. The van der Waals surface area contributed by atoms with Gasteiger partial charge < -0.3 is 15.4 Å². The van der Waals surface area contributed by atoms with Gasteiger partial charge in [-0.05, 0) is 43.7 Å². The summed E-state index contributed by atoms with van der Waals surface area (Å²) in [5, 5.41) is 5.57. The summed E-state index contributed by atoms with van der Waals surface area (Å²) in [5.41, 5.74) is 1.75. The first-order chi connectivity index (χ1) is 12.7. The van der Waals surface area contributed by atoms with Gasteiger partial charge in [0, 0.05) is 16.2 Å². The standard InChI is InChI=1S/C18H22BrN3O4S/c1-4-27(24,25)22-16-9-8-15(11-17(16)26-3)21-18(23)20-12(2)13-6-5-7-14(19)10-13/h5-12,22H,4H2,1-3H3,(H2,20,21,23). The van der Waals surface area contributed by atoms with Gasteiger partial charge in [-0.2, -0.15) is 0 Å². The molecule has 0 aliphatic heterocycles. The zero-order valence-corrected chi connectivity index (χ0v) is 17.6. The van der Waals surface area contributed by atoms with E-state index in [0.717, 1.165) is 10.0 Å². The van der Waals surface area contributed by atoms with Crippen molar-refractivity contribution in [2.75, 3.05) is 22.9 Å². The van der Waals surface area contributed by atoms with Crippen LogP contribution in [-0.2, 0) is 10.0 Å². The number of amides is 2. The first kappa shape index (κ1) is 21.0. The highest BCUT2D eigenvalue weighted by atomic mass is 79.9. The first-order valence-electron chi connectivity index (χ1n) is 8.25. The summed E-state index contributed by atoms with van der Waals surface area (Å²) in [6, 6.07) is 11.8. The number of carbonyl (C=O) groups is 1. The maximum absolute atomic E-state index is 12.3. The maximum Gasteiger partial charge on any atom is 0.319 e. The highest BCUT2D eigenvalue weighted by Crippen LogP contribution is 2.29. The number of hydrogen-bond acceptors (Lipinski definition) is 4. The lowest BCUT2D eigenvalue weighted by Gasteiger charge is -2.16. The van der Waals surface area contributed by atoms with Gasteiger partial charge in [0.15, 0.2) is 0 Å². The van der Waals surface area contributed by atoms with Gasteiger partial charge >= 0.3 is 6.03 Å². The van der Waals surface area contributed by atoms with E-state index in [-0.39, 0.29) is 17.8 Å². The van der Waals surface area contributed by atoms with Crippen molar-refractivity contribution < 1.29 is 17.9 Å². The molecule has 2 aromatic carbocycles. The van der Waals surface area contributed by atoms with Crippen molar-refractivity contribution in [1.82, 2.24) is 5.32 Å². The van der Waals surface area contributed by atoms with E-state index in [0.29, 0.717) is 17.1 Å². The number of carbonyl (C=O) groups excluding carboxylic acids is 1. The lowest BCUT2D eigenvalue weighted by molar-refractivity contribution is 0.249. The molecule has 1 unspecified atom stereocenters. The third-order valence-corrected chi connectivity index (χ3v) is 5.59. The second-order valence-electron chi connectivity index (χ2n) is 5.80. The molecule has 3 N–H and O–H groups in total. The van der Waals surface area contributed by atoms with Crippen LogP contribution in [0.15, 0.2) is 46.9 Å². The van der Waals surface area contributed by atoms with Gasteiger partial charge in [0.2, 0.25) is 10.0 Å². The smallest absolute Gasteiger partial charge is 0.319 e. The fourth-order valence-electron chi connectivity index (χ4n) is 2.32. The van der Waals surface area contributed by atoms with Gasteiger partial charge in [0.1, 0.15) is 5.75 Å². The molecule has 0 heterocycles. The molecule has 2 rings (SSSR count). The predicted molar refractivity (Wildman–Crippen MR) is 111 cm³/mol. The van der Waals surface area contributed by atoms with Crippen LogP contribution < -0.4 is 20.1 Å². The van der Waals surface area contributed by atoms with Crippen LogP contribution in [0.3, 0.4) is 0 Å². The number of benzene rings is 2. The summed E-state index contributed by atoms with van der Waals surface area (Å²) in [4.78, 5) is 12.3. The van der Waals surface area contributed by atoms with Crippen LogP contribution in [0.25, 0.3) is 0 Å². The monoisotopic (exact) mass is 455 g/mol. The van der Waals surface area contributed by atoms with Gasteiger partial charge in [-0.15, -0.1) is 0 Å². The van der Waals surface area contributed by atoms with Crippen LogP contribution in [0.2, 0.25) is 0 Å². The Morgan fingerprint density at radius 1 is 1.22 bits per heavy atom. The molecule has 0 saturated heterocycles. The first-order valence-corrected chi connectivity index (χ1v) is 10.7. The summed E-state index contributed by atoms with van der Waals surface area (Å²) >= 11 is 3.41. The number of sulfonamides is 1. The lowest BCUT2D eigenvalue weighted by Crippen LogP contribution is -2.31. The normalized spacial score (nSPS) is 12.1. The van der Waals surface area contributed by atoms with Crippen molar-refractivity contribution in [3.05, 3.63) is 52.5 Å². The fraction of sp³-hybridized carbons (Fsp3) is 0.278. The summed E-state index contributed by atoms with van der Waals surface area (Å²) in [6.45, 7) is 3.42.